The summed E-state index contributed by atoms with van der Waals surface area (Å²) in [6, 6.07) is 28.8. The zero-order valence-electron chi connectivity index (χ0n) is 27.2. The Kier molecular flexibility index (Phi) is 11.1. The van der Waals surface area contributed by atoms with E-state index in [1.807, 2.05) is 54.6 Å². The summed E-state index contributed by atoms with van der Waals surface area (Å²) in [6.45, 7) is 5.62. The third kappa shape index (κ3) is 8.75. The summed E-state index contributed by atoms with van der Waals surface area (Å²) in [5.74, 6) is -0.270. The second kappa shape index (κ2) is 15.8. The Morgan fingerprint density at radius 3 is 2.14 bits per heavy atom. The highest BCUT2D eigenvalue weighted by molar-refractivity contribution is 6.08. The molecule has 4 aromatic rings. The van der Waals surface area contributed by atoms with Crippen molar-refractivity contribution in [2.75, 3.05) is 57.9 Å². The van der Waals surface area contributed by atoms with Gasteiger partial charge in [-0.05, 0) is 84.4 Å². The van der Waals surface area contributed by atoms with Gasteiger partial charge in [0.25, 0.3) is 5.91 Å². The van der Waals surface area contributed by atoms with Gasteiger partial charge in [-0.25, -0.2) is 4.79 Å². The molecule has 1 amide bonds. The van der Waals surface area contributed by atoms with E-state index in [9.17, 15) is 22.8 Å². The van der Waals surface area contributed by atoms with Crippen LogP contribution in [0.1, 0.15) is 51.8 Å². The van der Waals surface area contributed by atoms with Crippen molar-refractivity contribution >= 4 is 17.6 Å². The Morgan fingerprint density at radius 2 is 1.47 bits per heavy atom. The number of hydrogen-bond donors (Lipinski definition) is 1. The minimum absolute atomic E-state index is 0.224. The first-order valence-electron chi connectivity index (χ1n) is 16.7. The molecule has 7 nitrogen and oxygen atoms in total. The van der Waals surface area contributed by atoms with E-state index in [1.165, 1.54) is 12.1 Å². The number of morpholine rings is 1. The average Bonchev–Trinajstić information content (AvgIpc) is 3.13. The summed E-state index contributed by atoms with van der Waals surface area (Å²) < 4.78 is 50.4. The minimum Gasteiger partial charge on any atom is -0.463 e. The van der Waals surface area contributed by atoms with Crippen molar-refractivity contribution in [1.29, 1.82) is 0 Å². The Balaban J connectivity index is 1.06. The van der Waals surface area contributed by atoms with Crippen molar-refractivity contribution in [2.45, 2.75) is 31.0 Å². The second-order valence-electron chi connectivity index (χ2n) is 12.4. The highest BCUT2D eigenvalue weighted by Crippen LogP contribution is 2.35. The predicted molar refractivity (Wildman–Crippen MR) is 182 cm³/mol. The van der Waals surface area contributed by atoms with Crippen LogP contribution in [0.4, 0.5) is 18.9 Å². The van der Waals surface area contributed by atoms with Gasteiger partial charge in [0.2, 0.25) is 0 Å². The zero-order valence-corrected chi connectivity index (χ0v) is 27.2. The molecule has 49 heavy (non-hydrogen) atoms. The fourth-order valence-electron chi connectivity index (χ4n) is 6.61. The van der Waals surface area contributed by atoms with Crippen molar-refractivity contribution in [3.63, 3.8) is 0 Å². The molecule has 4 aromatic carbocycles. The largest absolute Gasteiger partial charge is 0.463 e. The first-order chi connectivity index (χ1) is 23.8. The van der Waals surface area contributed by atoms with Gasteiger partial charge in [0.1, 0.15) is 12.6 Å². The van der Waals surface area contributed by atoms with E-state index >= 15 is 0 Å². The summed E-state index contributed by atoms with van der Waals surface area (Å²) >= 11 is 0. The van der Waals surface area contributed by atoms with Gasteiger partial charge < -0.3 is 14.8 Å². The van der Waals surface area contributed by atoms with Crippen LogP contribution in [0.25, 0.3) is 11.1 Å². The molecule has 1 atom stereocenters. The molecule has 0 radical (unpaired) electrons. The van der Waals surface area contributed by atoms with Crippen LogP contribution >= 0.6 is 0 Å². The number of benzene rings is 4. The number of halogens is 3. The van der Waals surface area contributed by atoms with Gasteiger partial charge in [0.15, 0.2) is 0 Å². The molecule has 6 rings (SSSR count). The molecule has 2 fully saturated rings. The number of amides is 1. The second-order valence-corrected chi connectivity index (χ2v) is 12.4. The van der Waals surface area contributed by atoms with E-state index in [1.54, 1.807) is 24.3 Å². The van der Waals surface area contributed by atoms with Crippen molar-refractivity contribution in [2.24, 2.45) is 0 Å². The number of alkyl halides is 3. The number of carbonyl (C=O) groups is 2. The van der Waals surface area contributed by atoms with Crippen LogP contribution in [0.3, 0.4) is 0 Å². The summed E-state index contributed by atoms with van der Waals surface area (Å²) in [6.07, 6.45) is -2.69. The smallest absolute Gasteiger partial charge is 0.416 e. The number of nitrogens with zero attached hydrogens (tertiary/aromatic N) is 2. The molecule has 0 saturated carbocycles. The highest BCUT2D eigenvalue weighted by Gasteiger charge is 2.33. The Morgan fingerprint density at radius 1 is 0.816 bits per heavy atom. The van der Waals surface area contributed by atoms with E-state index in [4.69, 9.17) is 9.47 Å². The standard InChI is InChI=1S/C39H40F3N3O4/c40-39(41,42)32-14-10-30(11-15-32)34-8-4-5-9-35(34)37(46)43-33-16-12-28(13-17-33)29-18-20-45(21-19-29)36(31-6-2-1-3-7-31)38(47)49-27-24-44-22-25-48-26-23-44/h1-17,29,36H,18-27H2,(H,43,46). The molecule has 256 valence electrons. The van der Waals surface area contributed by atoms with E-state index in [0.717, 1.165) is 62.3 Å². The molecular weight excluding hydrogens is 631 g/mol. The Bertz CT molecular complexity index is 1680. The molecule has 2 aliphatic rings. The fourth-order valence-corrected chi connectivity index (χ4v) is 6.61. The lowest BCUT2D eigenvalue weighted by Crippen LogP contribution is -2.42. The molecular formula is C39H40F3N3O4. The number of esters is 1. The summed E-state index contributed by atoms with van der Waals surface area (Å²) in [7, 11) is 0. The van der Waals surface area contributed by atoms with Crippen LogP contribution < -0.4 is 5.32 Å². The molecule has 0 aliphatic carbocycles. The van der Waals surface area contributed by atoms with E-state index in [2.05, 4.69) is 15.1 Å². The zero-order chi connectivity index (χ0) is 34.2. The number of piperidine rings is 1. The van der Waals surface area contributed by atoms with Gasteiger partial charge in [-0.2, -0.15) is 13.2 Å². The van der Waals surface area contributed by atoms with E-state index in [0.29, 0.717) is 54.7 Å². The average molecular weight is 672 g/mol. The first-order valence-corrected chi connectivity index (χ1v) is 16.7. The maximum Gasteiger partial charge on any atom is 0.416 e. The number of rotatable bonds is 10. The van der Waals surface area contributed by atoms with Gasteiger partial charge in [0.05, 0.1) is 18.8 Å². The molecule has 2 aliphatic heterocycles. The third-order valence-corrected chi connectivity index (χ3v) is 9.32. The lowest BCUT2D eigenvalue weighted by atomic mass is 9.88. The number of hydrogen-bond acceptors (Lipinski definition) is 6. The quantitative estimate of drug-likeness (QED) is 0.177. The van der Waals surface area contributed by atoms with Gasteiger partial charge in [-0.3, -0.25) is 14.6 Å². The molecule has 10 heteroatoms. The van der Waals surface area contributed by atoms with Crippen LogP contribution in [0, 0.1) is 0 Å². The summed E-state index contributed by atoms with van der Waals surface area (Å²) in [5, 5.41) is 2.94. The molecule has 2 heterocycles. The molecule has 1 N–H and O–H groups in total. The summed E-state index contributed by atoms with van der Waals surface area (Å²) in [5.41, 5.74) is 3.41. The van der Waals surface area contributed by atoms with Gasteiger partial charge in [-0.1, -0.05) is 72.8 Å². The van der Waals surface area contributed by atoms with Crippen molar-refractivity contribution in [1.82, 2.24) is 9.80 Å². The molecule has 0 spiro atoms. The van der Waals surface area contributed by atoms with E-state index in [-0.39, 0.29) is 11.9 Å². The maximum atomic E-state index is 13.4. The Labute approximate surface area is 284 Å². The highest BCUT2D eigenvalue weighted by atomic mass is 19.4. The van der Waals surface area contributed by atoms with Gasteiger partial charge >= 0.3 is 12.1 Å². The van der Waals surface area contributed by atoms with Crippen LogP contribution in [-0.2, 0) is 20.4 Å². The molecule has 0 aromatic heterocycles. The number of ether oxygens (including phenoxy) is 2. The molecule has 2 saturated heterocycles. The van der Waals surface area contributed by atoms with Crippen molar-refractivity contribution < 1.29 is 32.2 Å². The topological polar surface area (TPSA) is 71.1 Å². The maximum absolute atomic E-state index is 13.4. The lowest BCUT2D eigenvalue weighted by molar-refractivity contribution is -0.151. The van der Waals surface area contributed by atoms with Crippen LogP contribution in [0.5, 0.6) is 0 Å². The lowest BCUT2D eigenvalue weighted by Gasteiger charge is -2.37. The van der Waals surface area contributed by atoms with Crippen LogP contribution in [0.2, 0.25) is 0 Å². The number of carbonyl (C=O) groups excluding carboxylic acids is 2. The molecule has 1 unspecified atom stereocenters. The predicted octanol–water partition coefficient (Wildman–Crippen LogP) is 7.42. The number of anilines is 1. The SMILES string of the molecule is O=C(Nc1ccc(C2CCN(C(C(=O)OCCN3CCOCC3)c3ccccc3)CC2)cc1)c1ccccc1-c1ccc(C(F)(F)F)cc1. The fraction of sp³-hybridized carbons (Fsp3) is 0.333. The molecule has 0 bridgehead atoms. The van der Waals surface area contributed by atoms with Crippen molar-refractivity contribution in [3.8, 4) is 11.1 Å². The van der Waals surface area contributed by atoms with Crippen molar-refractivity contribution in [3.05, 3.63) is 125 Å². The summed E-state index contributed by atoms with van der Waals surface area (Å²) in [4.78, 5) is 31.2. The van der Waals surface area contributed by atoms with Crippen LogP contribution in [0.15, 0.2) is 103 Å². The van der Waals surface area contributed by atoms with Crippen LogP contribution in [-0.4, -0.2) is 74.2 Å². The third-order valence-electron chi connectivity index (χ3n) is 9.32. The normalized spacial score (nSPS) is 17.0. The first kappa shape index (κ1) is 34.4. The van der Waals surface area contributed by atoms with Gasteiger partial charge in [0, 0.05) is 30.9 Å². The number of nitrogens with one attached hydrogen (secondary N) is 1. The Hall–Kier alpha value is -4.51. The number of likely N-dealkylation sites (tertiary alicyclic amines) is 1. The monoisotopic (exact) mass is 671 g/mol. The minimum atomic E-state index is -4.43. The van der Waals surface area contributed by atoms with Gasteiger partial charge in [-0.15, -0.1) is 0 Å². The van der Waals surface area contributed by atoms with E-state index < -0.39 is 17.8 Å².